The Kier molecular flexibility index (Phi) is 7.38. The highest BCUT2D eigenvalue weighted by Crippen LogP contribution is 2.49. The van der Waals surface area contributed by atoms with Crippen LogP contribution in [0.15, 0.2) is 18.2 Å². The molecule has 1 aliphatic carbocycles. The maximum absolute atomic E-state index is 12.1. The minimum Gasteiger partial charge on any atom is -0.365 e. The van der Waals surface area contributed by atoms with Gasteiger partial charge < -0.3 is 10.2 Å². The van der Waals surface area contributed by atoms with Crippen molar-refractivity contribution in [2.24, 2.45) is 17.8 Å². The monoisotopic (exact) mass is 386 g/mol. The van der Waals surface area contributed by atoms with E-state index in [0.717, 1.165) is 18.7 Å². The highest BCUT2D eigenvalue weighted by Gasteiger charge is 2.44. The van der Waals surface area contributed by atoms with Crippen LogP contribution in [0.3, 0.4) is 0 Å². The fourth-order valence-electron chi connectivity index (χ4n) is 3.56. The van der Waals surface area contributed by atoms with Crippen LogP contribution in [-0.4, -0.2) is 30.5 Å². The number of anilines is 1. The summed E-state index contributed by atoms with van der Waals surface area (Å²) in [5.41, 5.74) is 1.59. The molecule has 0 bridgehead atoms. The molecule has 7 heteroatoms. The fraction of sp³-hybridized carbons (Fsp3) is 0.619. The van der Waals surface area contributed by atoms with E-state index in [1.54, 1.807) is 6.07 Å². The minimum atomic E-state index is -0.323. The second-order valence-electron chi connectivity index (χ2n) is 8.35. The molecule has 1 saturated carbocycles. The number of hydrogen-bond donors (Lipinski definition) is 1. The summed E-state index contributed by atoms with van der Waals surface area (Å²) >= 11 is 0. The van der Waals surface area contributed by atoms with Crippen molar-refractivity contribution in [3.8, 4) is 6.07 Å². The summed E-state index contributed by atoms with van der Waals surface area (Å²) in [6.45, 7) is 10.3. The van der Waals surface area contributed by atoms with E-state index in [-0.39, 0.29) is 34.8 Å². The number of benzene rings is 1. The standard InChI is InChI=1S/C21H30N4O3/c1-14(2)12-24(13-15(3)4)19-7-6-16(10-20(19)25(27)28)17-11-18(17)21(26)23-9-5-8-22/h6-7,10,14-15,17-18H,5,9,11-13H2,1-4H3,(H,23,26). The van der Waals surface area contributed by atoms with E-state index in [1.807, 2.05) is 18.2 Å². The summed E-state index contributed by atoms with van der Waals surface area (Å²) in [6.07, 6.45) is 0.974. The summed E-state index contributed by atoms with van der Waals surface area (Å²) < 4.78 is 0. The first-order chi connectivity index (χ1) is 13.2. The van der Waals surface area contributed by atoms with Crippen LogP contribution in [0.5, 0.6) is 0 Å². The predicted molar refractivity (Wildman–Crippen MR) is 109 cm³/mol. The Hall–Kier alpha value is -2.62. The molecule has 28 heavy (non-hydrogen) atoms. The van der Waals surface area contributed by atoms with Crippen molar-refractivity contribution in [3.05, 3.63) is 33.9 Å². The molecule has 0 aromatic heterocycles. The lowest BCUT2D eigenvalue weighted by molar-refractivity contribution is -0.384. The first-order valence-electron chi connectivity index (χ1n) is 9.92. The number of carbonyl (C=O) groups is 1. The third-order valence-corrected chi connectivity index (χ3v) is 4.80. The lowest BCUT2D eigenvalue weighted by Crippen LogP contribution is -2.31. The molecule has 0 heterocycles. The number of rotatable bonds is 10. The van der Waals surface area contributed by atoms with Crippen LogP contribution in [0, 0.1) is 39.2 Å². The molecule has 1 aliphatic rings. The van der Waals surface area contributed by atoms with Crippen LogP contribution in [0.2, 0.25) is 0 Å². The van der Waals surface area contributed by atoms with E-state index in [1.165, 1.54) is 0 Å². The van der Waals surface area contributed by atoms with Crippen LogP contribution in [0.25, 0.3) is 0 Å². The predicted octanol–water partition coefficient (Wildman–Crippen LogP) is 3.85. The third-order valence-electron chi connectivity index (χ3n) is 4.80. The molecule has 2 atom stereocenters. The quantitative estimate of drug-likeness (QED) is 0.374. The van der Waals surface area contributed by atoms with Gasteiger partial charge in [-0.05, 0) is 35.8 Å². The van der Waals surface area contributed by atoms with Gasteiger partial charge >= 0.3 is 0 Å². The molecule has 1 N–H and O–H groups in total. The Labute approximate surface area is 166 Å². The van der Waals surface area contributed by atoms with Crippen molar-refractivity contribution in [1.29, 1.82) is 5.26 Å². The molecular formula is C21H30N4O3. The normalized spacial score (nSPS) is 18.0. The summed E-state index contributed by atoms with van der Waals surface area (Å²) in [5, 5.41) is 23.1. The van der Waals surface area contributed by atoms with E-state index < -0.39 is 0 Å². The second-order valence-corrected chi connectivity index (χ2v) is 8.35. The van der Waals surface area contributed by atoms with Gasteiger partial charge in [-0.15, -0.1) is 0 Å². The molecule has 0 spiro atoms. The minimum absolute atomic E-state index is 0.0125. The van der Waals surface area contributed by atoms with Gasteiger partial charge in [0.05, 0.1) is 17.4 Å². The van der Waals surface area contributed by atoms with Gasteiger partial charge in [0.2, 0.25) is 5.91 Å². The van der Waals surface area contributed by atoms with Crippen LogP contribution in [0.4, 0.5) is 11.4 Å². The van der Waals surface area contributed by atoms with Crippen molar-refractivity contribution in [2.45, 2.75) is 46.5 Å². The Balaban J connectivity index is 2.20. The Morgan fingerprint density at radius 2 is 1.96 bits per heavy atom. The zero-order chi connectivity index (χ0) is 20.8. The average molecular weight is 386 g/mol. The van der Waals surface area contributed by atoms with Crippen molar-refractivity contribution < 1.29 is 9.72 Å². The number of carbonyl (C=O) groups excluding carboxylic acids is 1. The summed E-state index contributed by atoms with van der Waals surface area (Å²) in [7, 11) is 0. The average Bonchev–Trinajstić information content (AvgIpc) is 3.40. The van der Waals surface area contributed by atoms with Crippen molar-refractivity contribution in [1.82, 2.24) is 5.32 Å². The molecule has 2 rings (SSSR count). The van der Waals surface area contributed by atoms with Crippen molar-refractivity contribution in [3.63, 3.8) is 0 Å². The molecule has 1 aromatic rings. The number of nitriles is 1. The van der Waals surface area contributed by atoms with Gasteiger partial charge in [0.1, 0.15) is 5.69 Å². The summed E-state index contributed by atoms with van der Waals surface area (Å²) in [5.74, 6) is 0.559. The molecule has 0 radical (unpaired) electrons. The third kappa shape index (κ3) is 5.69. The number of nitro groups is 1. The zero-order valence-corrected chi connectivity index (χ0v) is 17.1. The number of amides is 1. The highest BCUT2D eigenvalue weighted by molar-refractivity contribution is 5.83. The number of nitrogens with zero attached hydrogens (tertiary/aromatic N) is 3. The Morgan fingerprint density at radius 3 is 2.50 bits per heavy atom. The maximum atomic E-state index is 12.1. The van der Waals surface area contributed by atoms with E-state index in [9.17, 15) is 14.9 Å². The summed E-state index contributed by atoms with van der Waals surface area (Å²) in [4.78, 5) is 25.7. The molecule has 0 aliphatic heterocycles. The van der Waals surface area contributed by atoms with Crippen LogP contribution < -0.4 is 10.2 Å². The SMILES string of the molecule is CC(C)CN(CC(C)C)c1ccc(C2CC2C(=O)NCCC#N)cc1[N+](=O)[O-]. The van der Waals surface area contributed by atoms with Gasteiger partial charge in [-0.2, -0.15) is 5.26 Å². The summed E-state index contributed by atoms with van der Waals surface area (Å²) in [6, 6.07) is 7.38. The maximum Gasteiger partial charge on any atom is 0.292 e. The van der Waals surface area contributed by atoms with Gasteiger partial charge in [0.25, 0.3) is 5.69 Å². The highest BCUT2D eigenvalue weighted by atomic mass is 16.6. The first kappa shape index (κ1) is 21.7. The molecule has 7 nitrogen and oxygen atoms in total. The molecule has 2 unspecified atom stereocenters. The number of nitrogens with one attached hydrogen (secondary N) is 1. The van der Waals surface area contributed by atoms with Crippen molar-refractivity contribution >= 4 is 17.3 Å². The van der Waals surface area contributed by atoms with E-state index in [0.29, 0.717) is 30.5 Å². The van der Waals surface area contributed by atoms with Crippen LogP contribution in [0.1, 0.15) is 52.0 Å². The van der Waals surface area contributed by atoms with Crippen molar-refractivity contribution in [2.75, 3.05) is 24.5 Å². The topological polar surface area (TPSA) is 99.3 Å². The first-order valence-corrected chi connectivity index (χ1v) is 9.92. The van der Waals surface area contributed by atoms with Gasteiger partial charge in [-0.1, -0.05) is 33.8 Å². The number of hydrogen-bond acceptors (Lipinski definition) is 5. The molecule has 1 aromatic carbocycles. The smallest absolute Gasteiger partial charge is 0.292 e. The second kappa shape index (κ2) is 9.54. The zero-order valence-electron chi connectivity index (χ0n) is 17.1. The van der Waals surface area contributed by atoms with E-state index in [2.05, 4.69) is 37.9 Å². The van der Waals surface area contributed by atoms with Gasteiger partial charge in [0, 0.05) is 31.6 Å². The number of nitro benzene ring substituents is 1. The lowest BCUT2D eigenvalue weighted by atomic mass is 10.0. The van der Waals surface area contributed by atoms with Gasteiger partial charge in [0.15, 0.2) is 0 Å². The van der Waals surface area contributed by atoms with E-state index >= 15 is 0 Å². The Morgan fingerprint density at radius 1 is 1.32 bits per heavy atom. The molecule has 0 saturated heterocycles. The van der Waals surface area contributed by atoms with Crippen LogP contribution in [-0.2, 0) is 4.79 Å². The molecular weight excluding hydrogens is 356 g/mol. The molecule has 152 valence electrons. The van der Waals surface area contributed by atoms with Gasteiger partial charge in [-0.25, -0.2) is 0 Å². The van der Waals surface area contributed by atoms with E-state index in [4.69, 9.17) is 5.26 Å². The Bertz CT molecular complexity index is 745. The molecule has 1 amide bonds. The largest absolute Gasteiger partial charge is 0.365 e. The molecule has 1 fully saturated rings. The van der Waals surface area contributed by atoms with Crippen LogP contribution >= 0.6 is 0 Å². The fourth-order valence-corrected chi connectivity index (χ4v) is 3.56. The lowest BCUT2D eigenvalue weighted by Gasteiger charge is -2.28. The van der Waals surface area contributed by atoms with Gasteiger partial charge in [-0.3, -0.25) is 14.9 Å².